The van der Waals surface area contributed by atoms with E-state index in [1.165, 1.54) is 66.8 Å². The van der Waals surface area contributed by atoms with Crippen molar-refractivity contribution in [2.45, 2.75) is 55.4 Å². The van der Waals surface area contributed by atoms with Gasteiger partial charge >= 0.3 is 0 Å². The van der Waals surface area contributed by atoms with Gasteiger partial charge in [0.1, 0.15) is 0 Å². The van der Waals surface area contributed by atoms with Crippen molar-refractivity contribution in [3.63, 3.8) is 0 Å². The van der Waals surface area contributed by atoms with Gasteiger partial charge in [0.2, 0.25) is 0 Å². The van der Waals surface area contributed by atoms with E-state index in [9.17, 15) is 0 Å². The first-order valence-corrected chi connectivity index (χ1v) is 11.5. The zero-order chi connectivity index (χ0) is 23.4. The summed E-state index contributed by atoms with van der Waals surface area (Å²) < 4.78 is 0. The molecule has 4 aromatic carbocycles. The van der Waals surface area contributed by atoms with Crippen molar-refractivity contribution in [1.82, 2.24) is 0 Å². The molecule has 0 saturated carbocycles. The summed E-state index contributed by atoms with van der Waals surface area (Å²) in [6, 6.07) is 26.4. The number of hydrogen-bond acceptors (Lipinski definition) is 0. The minimum Gasteiger partial charge on any atom is -0.0614 e. The molecular formula is C32H36. The van der Waals surface area contributed by atoms with Crippen LogP contribution >= 0.6 is 0 Å². The van der Waals surface area contributed by atoms with Gasteiger partial charge in [-0.3, -0.25) is 0 Å². The third-order valence-electron chi connectivity index (χ3n) is 6.85. The Bertz CT molecular complexity index is 1140. The van der Waals surface area contributed by atoms with E-state index in [-0.39, 0.29) is 0 Å². The number of rotatable bonds is 2. The van der Waals surface area contributed by atoms with Crippen LogP contribution in [0.25, 0.3) is 22.3 Å². The lowest BCUT2D eigenvalue weighted by molar-refractivity contribution is 1.30. The van der Waals surface area contributed by atoms with Crippen LogP contribution in [0.5, 0.6) is 0 Å². The molecule has 0 aromatic heterocycles. The summed E-state index contributed by atoms with van der Waals surface area (Å²) in [6.07, 6.45) is 0. The predicted octanol–water partition coefficient (Wildman–Crippen LogP) is 9.17. The Hall–Kier alpha value is -3.12. The Morgan fingerprint density at radius 1 is 0.344 bits per heavy atom. The summed E-state index contributed by atoms with van der Waals surface area (Å²) in [5.74, 6) is 0. The van der Waals surface area contributed by atoms with Gasteiger partial charge in [0.25, 0.3) is 0 Å². The fourth-order valence-electron chi connectivity index (χ4n) is 3.93. The van der Waals surface area contributed by atoms with E-state index < -0.39 is 0 Å². The van der Waals surface area contributed by atoms with Gasteiger partial charge in [0.15, 0.2) is 0 Å². The van der Waals surface area contributed by atoms with E-state index in [1.807, 2.05) is 0 Å². The van der Waals surface area contributed by atoms with E-state index in [0.29, 0.717) is 0 Å². The molecule has 0 heteroatoms. The maximum atomic E-state index is 2.26. The van der Waals surface area contributed by atoms with E-state index in [1.54, 1.807) is 0 Å². The van der Waals surface area contributed by atoms with E-state index in [0.717, 1.165) is 0 Å². The Morgan fingerprint density at radius 3 is 1.06 bits per heavy atom. The molecule has 0 aliphatic heterocycles. The van der Waals surface area contributed by atoms with Gasteiger partial charge in [0, 0.05) is 0 Å². The van der Waals surface area contributed by atoms with Gasteiger partial charge in [-0.1, -0.05) is 72.8 Å². The van der Waals surface area contributed by atoms with Crippen LogP contribution in [-0.4, -0.2) is 0 Å². The van der Waals surface area contributed by atoms with Crippen molar-refractivity contribution in [1.29, 1.82) is 0 Å². The third-order valence-corrected chi connectivity index (χ3v) is 6.85. The quantitative estimate of drug-likeness (QED) is 0.303. The van der Waals surface area contributed by atoms with E-state index in [2.05, 4.69) is 128 Å². The molecule has 4 rings (SSSR count). The van der Waals surface area contributed by atoms with Gasteiger partial charge in [-0.15, -0.1) is 0 Å². The molecule has 0 unspecified atom stereocenters. The van der Waals surface area contributed by atoms with Crippen LogP contribution in [0, 0.1) is 55.4 Å². The Balaban J connectivity index is 0.000000181. The number of aryl methyl sites for hydroxylation is 6. The smallest absolute Gasteiger partial charge is 0.0149 e. The highest BCUT2D eigenvalue weighted by Gasteiger charge is 2.07. The standard InChI is InChI=1S/2C16H18/c1-11-5-7-15(9-13(11)3)16-8-6-12(2)14(4)10-16;1-11-7-5-9-15(13(11)3)16-10-6-8-12(2)14(16)4/h2*5-10H,1-4H3. The predicted molar refractivity (Wildman–Crippen MR) is 142 cm³/mol. The Kier molecular flexibility index (Phi) is 7.36. The molecule has 0 nitrogen and oxygen atoms in total. The molecule has 0 radical (unpaired) electrons. The molecule has 0 aliphatic carbocycles. The highest BCUT2D eigenvalue weighted by Crippen LogP contribution is 2.29. The van der Waals surface area contributed by atoms with Crippen LogP contribution in [0.15, 0.2) is 72.8 Å². The second kappa shape index (κ2) is 10.0. The average Bonchev–Trinajstić information content (AvgIpc) is 2.77. The van der Waals surface area contributed by atoms with Crippen LogP contribution in [0.1, 0.15) is 44.5 Å². The summed E-state index contributed by atoms with van der Waals surface area (Å²) in [5.41, 5.74) is 16.3. The highest BCUT2D eigenvalue weighted by molar-refractivity contribution is 5.72. The first kappa shape index (κ1) is 23.5. The summed E-state index contributed by atoms with van der Waals surface area (Å²) in [5, 5.41) is 0. The Labute approximate surface area is 195 Å². The summed E-state index contributed by atoms with van der Waals surface area (Å²) >= 11 is 0. The largest absolute Gasteiger partial charge is 0.0614 e. The van der Waals surface area contributed by atoms with Crippen LogP contribution in [-0.2, 0) is 0 Å². The lowest BCUT2D eigenvalue weighted by Gasteiger charge is -2.12. The van der Waals surface area contributed by atoms with Gasteiger partial charge < -0.3 is 0 Å². The van der Waals surface area contributed by atoms with Crippen molar-refractivity contribution in [3.8, 4) is 22.3 Å². The molecule has 0 spiro atoms. The highest BCUT2D eigenvalue weighted by atomic mass is 14.1. The lowest BCUT2D eigenvalue weighted by Crippen LogP contribution is -1.91. The molecule has 0 heterocycles. The molecular weight excluding hydrogens is 384 g/mol. The molecule has 0 bridgehead atoms. The zero-order valence-electron chi connectivity index (χ0n) is 20.9. The summed E-state index contributed by atoms with van der Waals surface area (Å²) in [6.45, 7) is 17.4. The van der Waals surface area contributed by atoms with Crippen LogP contribution in [0.4, 0.5) is 0 Å². The molecule has 0 saturated heterocycles. The maximum absolute atomic E-state index is 2.26. The van der Waals surface area contributed by atoms with Gasteiger partial charge in [0.05, 0.1) is 0 Å². The molecule has 0 N–H and O–H groups in total. The SMILES string of the molecule is Cc1ccc(-c2ccc(C)c(C)c2)cc1C.Cc1cccc(-c2cccc(C)c2C)c1C. The molecule has 0 amide bonds. The zero-order valence-corrected chi connectivity index (χ0v) is 20.9. The molecule has 0 atom stereocenters. The molecule has 0 fully saturated rings. The van der Waals surface area contributed by atoms with Crippen molar-refractivity contribution in [3.05, 3.63) is 117 Å². The normalized spacial score (nSPS) is 10.5. The van der Waals surface area contributed by atoms with Crippen LogP contribution < -0.4 is 0 Å². The summed E-state index contributed by atoms with van der Waals surface area (Å²) in [4.78, 5) is 0. The van der Waals surface area contributed by atoms with Crippen LogP contribution in [0.3, 0.4) is 0 Å². The lowest BCUT2D eigenvalue weighted by atomic mass is 9.92. The maximum Gasteiger partial charge on any atom is -0.0149 e. The topological polar surface area (TPSA) is 0 Å². The number of hydrogen-bond donors (Lipinski definition) is 0. The van der Waals surface area contributed by atoms with E-state index >= 15 is 0 Å². The van der Waals surface area contributed by atoms with Gasteiger partial charge in [-0.05, 0) is 122 Å². The molecule has 164 valence electrons. The monoisotopic (exact) mass is 420 g/mol. The summed E-state index contributed by atoms with van der Waals surface area (Å²) in [7, 11) is 0. The van der Waals surface area contributed by atoms with Gasteiger partial charge in [-0.2, -0.15) is 0 Å². The average molecular weight is 421 g/mol. The van der Waals surface area contributed by atoms with Crippen molar-refractivity contribution < 1.29 is 0 Å². The molecule has 0 aliphatic rings. The molecule has 4 aromatic rings. The minimum absolute atomic E-state index is 1.31. The van der Waals surface area contributed by atoms with E-state index in [4.69, 9.17) is 0 Å². The van der Waals surface area contributed by atoms with Gasteiger partial charge in [-0.25, -0.2) is 0 Å². The first-order chi connectivity index (χ1) is 15.2. The van der Waals surface area contributed by atoms with Crippen molar-refractivity contribution >= 4 is 0 Å². The third kappa shape index (κ3) is 5.19. The van der Waals surface area contributed by atoms with Crippen molar-refractivity contribution in [2.24, 2.45) is 0 Å². The van der Waals surface area contributed by atoms with Crippen molar-refractivity contribution in [2.75, 3.05) is 0 Å². The second-order valence-electron chi connectivity index (χ2n) is 9.09. The fraction of sp³-hybridized carbons (Fsp3) is 0.250. The minimum atomic E-state index is 1.31. The number of benzene rings is 4. The second-order valence-corrected chi connectivity index (χ2v) is 9.09. The van der Waals surface area contributed by atoms with Crippen LogP contribution in [0.2, 0.25) is 0 Å². The molecule has 32 heavy (non-hydrogen) atoms. The first-order valence-electron chi connectivity index (χ1n) is 11.5. The fourth-order valence-corrected chi connectivity index (χ4v) is 3.93. The Morgan fingerprint density at radius 2 is 0.719 bits per heavy atom.